The Labute approximate surface area is 157 Å². The summed E-state index contributed by atoms with van der Waals surface area (Å²) in [5.41, 5.74) is 0.516. The number of para-hydroxylation sites is 1. The van der Waals surface area contributed by atoms with E-state index in [2.05, 4.69) is 10.4 Å². The number of carbonyl (C=O) groups excluding carboxylic acids is 2. The highest BCUT2D eigenvalue weighted by Crippen LogP contribution is 2.16. The molecule has 1 N–H and O–H groups in total. The van der Waals surface area contributed by atoms with Crippen LogP contribution in [0, 0.1) is 0 Å². The van der Waals surface area contributed by atoms with Gasteiger partial charge in [-0.25, -0.2) is 9.48 Å². The third-order valence-corrected chi connectivity index (χ3v) is 3.80. The van der Waals surface area contributed by atoms with Crippen LogP contribution < -0.4 is 15.6 Å². The van der Waals surface area contributed by atoms with Crippen molar-refractivity contribution >= 4 is 11.9 Å². The fourth-order valence-corrected chi connectivity index (χ4v) is 2.32. The highest BCUT2D eigenvalue weighted by molar-refractivity contribution is 5.89. The number of aryl methyl sites for hydroxylation is 1. The smallest absolute Gasteiger partial charge is 0.359 e. The highest BCUT2D eigenvalue weighted by Gasteiger charge is 2.13. The van der Waals surface area contributed by atoms with E-state index in [1.807, 2.05) is 25.1 Å². The molecule has 8 nitrogen and oxygen atoms in total. The van der Waals surface area contributed by atoms with Crippen LogP contribution in [-0.4, -0.2) is 35.4 Å². The first-order chi connectivity index (χ1) is 13.0. The molecule has 0 saturated carbocycles. The first-order valence-electron chi connectivity index (χ1n) is 8.69. The Morgan fingerprint density at radius 3 is 2.70 bits per heavy atom. The molecule has 0 spiro atoms. The predicted molar refractivity (Wildman–Crippen MR) is 98.5 cm³/mol. The number of methoxy groups -OCH3 is 1. The number of nitrogens with one attached hydrogen (secondary N) is 1. The lowest BCUT2D eigenvalue weighted by Gasteiger charge is -2.10. The quantitative estimate of drug-likeness (QED) is 0.669. The molecule has 144 valence electrons. The van der Waals surface area contributed by atoms with Gasteiger partial charge in [0.25, 0.3) is 11.5 Å². The van der Waals surface area contributed by atoms with Crippen molar-refractivity contribution < 1.29 is 19.1 Å². The SMILES string of the molecule is CCCCn1nc(C(=O)OCC(=O)NCc2ccccc2OC)ccc1=O. The van der Waals surface area contributed by atoms with E-state index in [4.69, 9.17) is 9.47 Å². The highest BCUT2D eigenvalue weighted by atomic mass is 16.5. The van der Waals surface area contributed by atoms with E-state index >= 15 is 0 Å². The first-order valence-corrected chi connectivity index (χ1v) is 8.69. The van der Waals surface area contributed by atoms with E-state index in [1.165, 1.54) is 16.8 Å². The number of amides is 1. The van der Waals surface area contributed by atoms with Gasteiger partial charge in [-0.05, 0) is 18.6 Å². The molecule has 0 fully saturated rings. The van der Waals surface area contributed by atoms with Crippen molar-refractivity contribution in [2.45, 2.75) is 32.9 Å². The number of ether oxygens (including phenoxy) is 2. The molecule has 1 aromatic carbocycles. The van der Waals surface area contributed by atoms with Gasteiger partial charge in [0.15, 0.2) is 12.3 Å². The summed E-state index contributed by atoms with van der Waals surface area (Å²) in [5.74, 6) is -0.547. The Balaban J connectivity index is 1.87. The number of carbonyl (C=O) groups is 2. The van der Waals surface area contributed by atoms with Crippen molar-refractivity contribution in [1.29, 1.82) is 0 Å². The molecular weight excluding hydrogens is 350 g/mol. The van der Waals surface area contributed by atoms with Crippen LogP contribution in [0.3, 0.4) is 0 Å². The lowest BCUT2D eigenvalue weighted by Crippen LogP contribution is -2.29. The number of benzene rings is 1. The van der Waals surface area contributed by atoms with Gasteiger partial charge in [-0.3, -0.25) is 9.59 Å². The molecular formula is C19H23N3O5. The number of unbranched alkanes of at least 4 members (excludes halogenated alkanes) is 1. The van der Waals surface area contributed by atoms with Crippen molar-refractivity contribution in [3.63, 3.8) is 0 Å². The summed E-state index contributed by atoms with van der Waals surface area (Å²) in [6.45, 7) is 2.23. The summed E-state index contributed by atoms with van der Waals surface area (Å²) >= 11 is 0. The normalized spacial score (nSPS) is 10.3. The van der Waals surface area contributed by atoms with Gasteiger partial charge in [0.2, 0.25) is 0 Å². The fraction of sp³-hybridized carbons (Fsp3) is 0.368. The van der Waals surface area contributed by atoms with E-state index in [1.54, 1.807) is 13.2 Å². The lowest BCUT2D eigenvalue weighted by atomic mass is 10.2. The molecule has 0 unspecified atom stereocenters. The minimum atomic E-state index is -0.757. The van der Waals surface area contributed by atoms with Crippen molar-refractivity contribution in [2.75, 3.05) is 13.7 Å². The Morgan fingerprint density at radius 1 is 1.19 bits per heavy atom. The largest absolute Gasteiger partial charge is 0.496 e. The maximum Gasteiger partial charge on any atom is 0.359 e. The van der Waals surface area contributed by atoms with E-state index in [0.29, 0.717) is 12.3 Å². The van der Waals surface area contributed by atoms with Crippen LogP contribution in [0.25, 0.3) is 0 Å². The van der Waals surface area contributed by atoms with Crippen molar-refractivity contribution in [2.24, 2.45) is 0 Å². The first kappa shape index (κ1) is 20.2. The van der Waals surface area contributed by atoms with Gasteiger partial charge in [-0.1, -0.05) is 31.5 Å². The zero-order chi connectivity index (χ0) is 19.6. The molecule has 0 atom stereocenters. The molecule has 0 radical (unpaired) electrons. The van der Waals surface area contributed by atoms with E-state index < -0.39 is 18.5 Å². The van der Waals surface area contributed by atoms with Crippen molar-refractivity contribution in [3.05, 3.63) is 58.0 Å². The molecule has 0 bridgehead atoms. The lowest BCUT2D eigenvalue weighted by molar-refractivity contribution is -0.124. The third-order valence-electron chi connectivity index (χ3n) is 3.80. The van der Waals surface area contributed by atoms with E-state index in [-0.39, 0.29) is 17.8 Å². The molecule has 27 heavy (non-hydrogen) atoms. The van der Waals surface area contributed by atoms with E-state index in [0.717, 1.165) is 18.4 Å². The fourth-order valence-electron chi connectivity index (χ4n) is 2.32. The van der Waals surface area contributed by atoms with Gasteiger partial charge in [0.05, 0.1) is 7.11 Å². The topological polar surface area (TPSA) is 99.5 Å². The second kappa shape index (κ2) is 10.1. The van der Waals surface area contributed by atoms with Crippen molar-refractivity contribution in [1.82, 2.24) is 15.1 Å². The van der Waals surface area contributed by atoms with Gasteiger partial charge in [-0.2, -0.15) is 5.10 Å². The standard InChI is InChI=1S/C19H23N3O5/c1-3-4-11-22-18(24)10-9-15(21-22)19(25)27-13-17(23)20-12-14-7-5-6-8-16(14)26-2/h5-10H,3-4,11-13H2,1-2H3,(H,20,23). The molecule has 1 heterocycles. The number of hydrogen-bond acceptors (Lipinski definition) is 6. The van der Waals surface area contributed by atoms with Crippen LogP contribution in [0.2, 0.25) is 0 Å². The second-order valence-electron chi connectivity index (χ2n) is 5.80. The number of aromatic nitrogens is 2. The van der Waals surface area contributed by atoms with Crippen LogP contribution in [0.1, 0.15) is 35.8 Å². The molecule has 0 aliphatic heterocycles. The number of hydrogen-bond donors (Lipinski definition) is 1. The number of nitrogens with zero attached hydrogens (tertiary/aromatic N) is 2. The molecule has 1 amide bonds. The zero-order valence-corrected chi connectivity index (χ0v) is 15.4. The molecule has 2 aromatic rings. The van der Waals surface area contributed by atoms with Crippen molar-refractivity contribution in [3.8, 4) is 5.75 Å². The molecule has 1 aromatic heterocycles. The molecule has 8 heteroatoms. The summed E-state index contributed by atoms with van der Waals surface area (Å²) in [4.78, 5) is 35.7. The average Bonchev–Trinajstić information content (AvgIpc) is 2.70. The van der Waals surface area contributed by atoms with Gasteiger partial charge >= 0.3 is 5.97 Å². The summed E-state index contributed by atoms with van der Waals surface area (Å²) in [6, 6.07) is 9.85. The minimum absolute atomic E-state index is 0.0109. The van der Waals surface area contributed by atoms with Crippen LogP contribution in [0.5, 0.6) is 5.75 Å². The van der Waals surface area contributed by atoms with E-state index in [9.17, 15) is 14.4 Å². The minimum Gasteiger partial charge on any atom is -0.496 e. The Hall–Kier alpha value is -3.16. The maximum atomic E-state index is 12.1. The predicted octanol–water partition coefficient (Wildman–Crippen LogP) is 1.53. The van der Waals surface area contributed by atoms with Gasteiger partial charge in [0.1, 0.15) is 5.75 Å². The van der Waals surface area contributed by atoms with Crippen LogP contribution in [-0.2, 0) is 22.6 Å². The average molecular weight is 373 g/mol. The molecule has 0 aliphatic rings. The zero-order valence-electron chi connectivity index (χ0n) is 15.4. The Bertz CT molecular complexity index is 847. The Kier molecular flexibility index (Phi) is 7.54. The third kappa shape index (κ3) is 5.95. The van der Waals surface area contributed by atoms with Gasteiger partial charge in [0, 0.05) is 24.7 Å². The molecule has 0 aliphatic carbocycles. The summed E-state index contributed by atoms with van der Waals surface area (Å²) in [7, 11) is 1.55. The molecule has 0 saturated heterocycles. The Morgan fingerprint density at radius 2 is 1.96 bits per heavy atom. The second-order valence-corrected chi connectivity index (χ2v) is 5.80. The van der Waals surface area contributed by atoms with Crippen LogP contribution >= 0.6 is 0 Å². The number of rotatable bonds is 9. The molecule has 2 rings (SSSR count). The monoisotopic (exact) mass is 373 g/mol. The van der Waals surface area contributed by atoms with Gasteiger partial charge in [-0.15, -0.1) is 0 Å². The van der Waals surface area contributed by atoms with Crippen LogP contribution in [0.15, 0.2) is 41.2 Å². The number of esters is 1. The summed E-state index contributed by atoms with van der Waals surface area (Å²) < 4.78 is 11.4. The summed E-state index contributed by atoms with van der Waals surface area (Å²) in [5, 5.41) is 6.64. The van der Waals surface area contributed by atoms with Crippen LogP contribution in [0.4, 0.5) is 0 Å². The van der Waals surface area contributed by atoms with Gasteiger partial charge < -0.3 is 14.8 Å². The maximum absolute atomic E-state index is 12.1. The summed E-state index contributed by atoms with van der Waals surface area (Å²) in [6.07, 6.45) is 1.67.